The van der Waals surface area contributed by atoms with Crippen molar-refractivity contribution in [3.05, 3.63) is 36.4 Å². The van der Waals surface area contributed by atoms with Gasteiger partial charge in [-0.25, -0.2) is 0 Å². The van der Waals surface area contributed by atoms with Crippen LogP contribution in [0.15, 0.2) is 36.4 Å². The number of benzene rings is 1. The van der Waals surface area contributed by atoms with Crippen LogP contribution in [-0.2, 0) is 0 Å². The maximum atomic E-state index is 8.36. The molecule has 0 spiro atoms. The second-order valence-corrected chi connectivity index (χ2v) is 3.32. The number of hydrogen-bond donors (Lipinski definition) is 0. The first-order valence-corrected chi connectivity index (χ1v) is 4.90. The van der Waals surface area contributed by atoms with Gasteiger partial charge in [0.1, 0.15) is 11.8 Å². The summed E-state index contributed by atoms with van der Waals surface area (Å²) < 4.78 is 5.18. The van der Waals surface area contributed by atoms with Crippen LogP contribution < -0.4 is 9.64 Å². The molecule has 0 unspecified atom stereocenters. The van der Waals surface area contributed by atoms with Crippen LogP contribution in [0.1, 0.15) is 0 Å². The highest BCUT2D eigenvalue weighted by Gasteiger charge is 2.06. The van der Waals surface area contributed by atoms with E-state index >= 15 is 0 Å². The van der Waals surface area contributed by atoms with E-state index in [1.807, 2.05) is 30.3 Å². The molecule has 1 heterocycles. The van der Waals surface area contributed by atoms with E-state index in [9.17, 15) is 0 Å². The van der Waals surface area contributed by atoms with E-state index in [4.69, 9.17) is 10.00 Å². The smallest absolute Gasteiger partial charge is 0.174 e. The third-order valence-corrected chi connectivity index (χ3v) is 2.32. The van der Waals surface area contributed by atoms with E-state index < -0.39 is 0 Å². The summed E-state index contributed by atoms with van der Waals surface area (Å²) in [7, 11) is 0. The van der Waals surface area contributed by atoms with Crippen molar-refractivity contribution in [1.29, 1.82) is 5.26 Å². The fourth-order valence-corrected chi connectivity index (χ4v) is 1.56. The zero-order valence-corrected chi connectivity index (χ0v) is 8.39. The van der Waals surface area contributed by atoms with Crippen molar-refractivity contribution in [2.24, 2.45) is 0 Å². The molecule has 0 fully saturated rings. The number of hydrogen-bond acceptors (Lipinski definition) is 3. The molecule has 0 N–H and O–H groups in total. The molecule has 0 atom stereocenters. The lowest BCUT2D eigenvalue weighted by molar-refractivity contribution is 0.368. The van der Waals surface area contributed by atoms with Gasteiger partial charge in [0.2, 0.25) is 0 Å². The van der Waals surface area contributed by atoms with Gasteiger partial charge in [-0.2, -0.15) is 5.26 Å². The number of nitriles is 1. The molecule has 1 aliphatic rings. The molecule has 0 bridgehead atoms. The lowest BCUT2D eigenvalue weighted by Gasteiger charge is -2.17. The minimum absolute atomic E-state index is 0.102. The van der Waals surface area contributed by atoms with Crippen LogP contribution in [0.2, 0.25) is 0 Å². The summed E-state index contributed by atoms with van der Waals surface area (Å²) in [6.45, 7) is 2.04. The van der Waals surface area contributed by atoms with Crippen LogP contribution in [0.3, 0.4) is 0 Å². The van der Waals surface area contributed by atoms with Gasteiger partial charge >= 0.3 is 0 Å². The summed E-state index contributed by atoms with van der Waals surface area (Å²) in [5.74, 6) is 0.743. The van der Waals surface area contributed by atoms with Crippen LogP contribution >= 0.6 is 0 Å². The summed E-state index contributed by atoms with van der Waals surface area (Å²) >= 11 is 0. The molecule has 15 heavy (non-hydrogen) atoms. The molecule has 1 aliphatic heterocycles. The topological polar surface area (TPSA) is 36.3 Å². The third kappa shape index (κ3) is 2.29. The highest BCUT2D eigenvalue weighted by molar-refractivity contribution is 5.51. The number of ether oxygens (including phenoxy) is 1. The van der Waals surface area contributed by atoms with Crippen LogP contribution in [0.25, 0.3) is 0 Å². The summed E-state index contributed by atoms with van der Waals surface area (Å²) in [5.41, 5.74) is 1.18. The zero-order chi connectivity index (χ0) is 10.5. The SMILES string of the molecule is N#CCOc1ccc(N2CC=CC2)cc1. The summed E-state index contributed by atoms with van der Waals surface area (Å²) in [6, 6.07) is 9.76. The summed E-state index contributed by atoms with van der Waals surface area (Å²) in [6.07, 6.45) is 4.31. The van der Waals surface area contributed by atoms with Crippen LogP contribution in [0.4, 0.5) is 5.69 Å². The predicted octanol–water partition coefficient (Wildman–Crippen LogP) is 1.97. The fourth-order valence-electron chi connectivity index (χ4n) is 1.56. The molecular formula is C12H12N2O. The van der Waals surface area contributed by atoms with Gasteiger partial charge in [0.15, 0.2) is 6.61 Å². The minimum Gasteiger partial charge on any atom is -0.479 e. The van der Waals surface area contributed by atoms with Crippen LogP contribution in [0, 0.1) is 11.3 Å². The Kier molecular flexibility index (Phi) is 2.89. The van der Waals surface area contributed by atoms with Gasteiger partial charge in [-0.1, -0.05) is 12.2 Å². The molecular weight excluding hydrogens is 188 g/mol. The van der Waals surface area contributed by atoms with Gasteiger partial charge in [0, 0.05) is 18.8 Å². The maximum Gasteiger partial charge on any atom is 0.174 e. The average Bonchev–Trinajstić information content (AvgIpc) is 2.80. The number of rotatable bonds is 3. The van der Waals surface area contributed by atoms with Crippen molar-refractivity contribution < 1.29 is 4.74 Å². The molecule has 76 valence electrons. The second-order valence-electron chi connectivity index (χ2n) is 3.32. The first kappa shape index (κ1) is 9.60. The predicted molar refractivity (Wildman–Crippen MR) is 58.9 cm³/mol. The quantitative estimate of drug-likeness (QED) is 0.700. The lowest BCUT2D eigenvalue weighted by atomic mass is 10.3. The first-order chi connectivity index (χ1) is 7.40. The summed E-state index contributed by atoms with van der Waals surface area (Å²) in [4.78, 5) is 2.26. The van der Waals surface area contributed by atoms with E-state index in [-0.39, 0.29) is 6.61 Å². The molecule has 0 radical (unpaired) electrons. The van der Waals surface area contributed by atoms with E-state index in [2.05, 4.69) is 17.1 Å². The summed E-state index contributed by atoms with van der Waals surface area (Å²) in [5, 5.41) is 8.36. The van der Waals surface area contributed by atoms with Crippen molar-refractivity contribution in [2.45, 2.75) is 0 Å². The second kappa shape index (κ2) is 4.52. The first-order valence-electron chi connectivity index (χ1n) is 4.90. The Morgan fingerprint density at radius 3 is 2.47 bits per heavy atom. The van der Waals surface area contributed by atoms with Crippen molar-refractivity contribution in [3.63, 3.8) is 0 Å². The molecule has 0 aromatic heterocycles. The average molecular weight is 200 g/mol. The minimum atomic E-state index is 0.102. The van der Waals surface area contributed by atoms with Crippen molar-refractivity contribution in [2.75, 3.05) is 24.6 Å². The Bertz CT molecular complexity index is 381. The Morgan fingerprint density at radius 1 is 1.20 bits per heavy atom. The van der Waals surface area contributed by atoms with Crippen molar-refractivity contribution in [1.82, 2.24) is 0 Å². The van der Waals surface area contributed by atoms with Gasteiger partial charge < -0.3 is 9.64 Å². The molecule has 3 heteroatoms. The van der Waals surface area contributed by atoms with Gasteiger partial charge in [-0.3, -0.25) is 0 Å². The Morgan fingerprint density at radius 2 is 1.87 bits per heavy atom. The van der Waals surface area contributed by atoms with Gasteiger partial charge in [-0.15, -0.1) is 0 Å². The third-order valence-electron chi connectivity index (χ3n) is 2.32. The maximum absolute atomic E-state index is 8.36. The Hall–Kier alpha value is -1.95. The van der Waals surface area contributed by atoms with Crippen LogP contribution in [-0.4, -0.2) is 19.7 Å². The Balaban J connectivity index is 2.01. The lowest BCUT2D eigenvalue weighted by Crippen LogP contribution is -2.18. The number of anilines is 1. The van der Waals surface area contributed by atoms with E-state index in [0.29, 0.717) is 0 Å². The Labute approximate surface area is 89.2 Å². The van der Waals surface area contributed by atoms with E-state index in [1.54, 1.807) is 0 Å². The highest BCUT2D eigenvalue weighted by atomic mass is 16.5. The van der Waals surface area contributed by atoms with Crippen molar-refractivity contribution >= 4 is 5.69 Å². The number of nitrogens with zero attached hydrogens (tertiary/aromatic N) is 2. The monoisotopic (exact) mass is 200 g/mol. The molecule has 0 saturated carbocycles. The molecule has 0 saturated heterocycles. The highest BCUT2D eigenvalue weighted by Crippen LogP contribution is 2.20. The van der Waals surface area contributed by atoms with E-state index in [0.717, 1.165) is 18.8 Å². The van der Waals surface area contributed by atoms with Gasteiger partial charge in [0.25, 0.3) is 0 Å². The molecule has 2 rings (SSSR count). The van der Waals surface area contributed by atoms with Gasteiger partial charge in [0.05, 0.1) is 0 Å². The molecule has 0 aliphatic carbocycles. The van der Waals surface area contributed by atoms with E-state index in [1.165, 1.54) is 5.69 Å². The molecule has 0 amide bonds. The normalized spacial score (nSPS) is 13.9. The van der Waals surface area contributed by atoms with Gasteiger partial charge in [-0.05, 0) is 24.3 Å². The molecule has 1 aromatic rings. The zero-order valence-electron chi connectivity index (χ0n) is 8.39. The molecule has 3 nitrogen and oxygen atoms in total. The molecule has 1 aromatic carbocycles. The largest absolute Gasteiger partial charge is 0.479 e. The van der Waals surface area contributed by atoms with Crippen LogP contribution in [0.5, 0.6) is 5.75 Å². The fraction of sp³-hybridized carbons (Fsp3) is 0.250. The standard InChI is InChI=1S/C12H12N2O/c13-7-10-15-12-5-3-11(4-6-12)14-8-1-2-9-14/h1-6H,8-10H2. The van der Waals surface area contributed by atoms with Crippen molar-refractivity contribution in [3.8, 4) is 11.8 Å².